The lowest BCUT2D eigenvalue weighted by Gasteiger charge is -2.34. The van der Waals surface area contributed by atoms with Gasteiger partial charge in [-0.15, -0.1) is 0 Å². The maximum atomic E-state index is 3.57. The van der Waals surface area contributed by atoms with E-state index in [-0.39, 0.29) is 0 Å². The predicted molar refractivity (Wildman–Crippen MR) is 81.0 cm³/mol. The summed E-state index contributed by atoms with van der Waals surface area (Å²) in [5.74, 6) is 1.58. The molecule has 18 heavy (non-hydrogen) atoms. The third kappa shape index (κ3) is 5.71. The van der Waals surface area contributed by atoms with E-state index >= 15 is 0 Å². The fourth-order valence-electron chi connectivity index (χ4n) is 2.54. The third-order valence-electron chi connectivity index (χ3n) is 4.22. The highest BCUT2D eigenvalue weighted by Crippen LogP contribution is 2.31. The Morgan fingerprint density at radius 2 is 1.83 bits per heavy atom. The van der Waals surface area contributed by atoms with Gasteiger partial charge in [0.05, 0.1) is 0 Å². The SMILES string of the molecule is CCCNCC(C)C(C)N(CCC(C)C)C1CC1. The van der Waals surface area contributed by atoms with Gasteiger partial charge in [0.25, 0.3) is 0 Å². The molecule has 1 aliphatic carbocycles. The summed E-state index contributed by atoms with van der Waals surface area (Å²) in [4.78, 5) is 2.78. The Kier molecular flexibility index (Phi) is 7.25. The van der Waals surface area contributed by atoms with Gasteiger partial charge in [-0.05, 0) is 64.1 Å². The standard InChI is InChI=1S/C16H34N2/c1-6-10-17-12-14(4)15(5)18(16-7-8-16)11-9-13(2)3/h13-17H,6-12H2,1-5H3. The molecule has 1 fully saturated rings. The maximum Gasteiger partial charge on any atom is 0.0108 e. The molecule has 108 valence electrons. The second-order valence-corrected chi connectivity index (χ2v) is 6.57. The van der Waals surface area contributed by atoms with E-state index in [4.69, 9.17) is 0 Å². The Hall–Kier alpha value is -0.0800. The Morgan fingerprint density at radius 1 is 1.17 bits per heavy atom. The fraction of sp³-hybridized carbons (Fsp3) is 1.00. The topological polar surface area (TPSA) is 15.3 Å². The zero-order valence-corrected chi connectivity index (χ0v) is 13.2. The van der Waals surface area contributed by atoms with Crippen molar-refractivity contribution in [1.29, 1.82) is 0 Å². The molecule has 2 unspecified atom stereocenters. The third-order valence-corrected chi connectivity index (χ3v) is 4.22. The van der Waals surface area contributed by atoms with Gasteiger partial charge in [-0.1, -0.05) is 27.7 Å². The first-order chi connectivity index (χ1) is 8.56. The van der Waals surface area contributed by atoms with Gasteiger partial charge in [0.2, 0.25) is 0 Å². The monoisotopic (exact) mass is 254 g/mol. The van der Waals surface area contributed by atoms with Gasteiger partial charge in [-0.2, -0.15) is 0 Å². The Morgan fingerprint density at radius 3 is 2.33 bits per heavy atom. The summed E-state index contributed by atoms with van der Waals surface area (Å²) >= 11 is 0. The van der Waals surface area contributed by atoms with E-state index in [0.29, 0.717) is 0 Å². The molecule has 0 aromatic rings. The highest BCUT2D eigenvalue weighted by Gasteiger charge is 2.33. The average molecular weight is 254 g/mol. The molecular formula is C16H34N2. The predicted octanol–water partition coefficient (Wildman–Crippen LogP) is 3.52. The first-order valence-electron chi connectivity index (χ1n) is 8.02. The van der Waals surface area contributed by atoms with Crippen molar-refractivity contribution >= 4 is 0 Å². The smallest absolute Gasteiger partial charge is 0.0108 e. The molecule has 0 heterocycles. The average Bonchev–Trinajstić information content (AvgIpc) is 3.13. The van der Waals surface area contributed by atoms with Crippen LogP contribution in [0, 0.1) is 11.8 Å². The zero-order chi connectivity index (χ0) is 13.5. The van der Waals surface area contributed by atoms with Crippen LogP contribution in [-0.2, 0) is 0 Å². The summed E-state index contributed by atoms with van der Waals surface area (Å²) in [6.07, 6.45) is 5.44. The molecule has 1 rings (SSSR count). The van der Waals surface area contributed by atoms with Crippen molar-refractivity contribution in [2.24, 2.45) is 11.8 Å². The zero-order valence-electron chi connectivity index (χ0n) is 13.2. The Bertz CT molecular complexity index is 211. The molecule has 2 heteroatoms. The summed E-state index contributed by atoms with van der Waals surface area (Å²) in [7, 11) is 0. The van der Waals surface area contributed by atoms with Crippen molar-refractivity contribution in [2.75, 3.05) is 19.6 Å². The molecule has 0 amide bonds. The second kappa shape index (κ2) is 8.16. The molecule has 0 aromatic heterocycles. The van der Waals surface area contributed by atoms with Crippen LogP contribution < -0.4 is 5.32 Å². The van der Waals surface area contributed by atoms with Gasteiger partial charge in [0.1, 0.15) is 0 Å². The van der Waals surface area contributed by atoms with Gasteiger partial charge in [-0.3, -0.25) is 4.90 Å². The molecule has 2 atom stereocenters. The van der Waals surface area contributed by atoms with Crippen molar-refractivity contribution in [1.82, 2.24) is 10.2 Å². The van der Waals surface area contributed by atoms with E-state index in [0.717, 1.165) is 30.5 Å². The molecule has 0 saturated heterocycles. The van der Waals surface area contributed by atoms with Crippen LogP contribution >= 0.6 is 0 Å². The minimum Gasteiger partial charge on any atom is -0.316 e. The van der Waals surface area contributed by atoms with Gasteiger partial charge in [-0.25, -0.2) is 0 Å². The molecular weight excluding hydrogens is 220 g/mol. The summed E-state index contributed by atoms with van der Waals surface area (Å²) in [6, 6.07) is 1.62. The van der Waals surface area contributed by atoms with E-state index < -0.39 is 0 Å². The van der Waals surface area contributed by atoms with Crippen LogP contribution in [0.15, 0.2) is 0 Å². The van der Waals surface area contributed by atoms with Crippen molar-refractivity contribution < 1.29 is 0 Å². The van der Waals surface area contributed by atoms with Gasteiger partial charge >= 0.3 is 0 Å². The molecule has 0 spiro atoms. The first kappa shape index (κ1) is 16.0. The van der Waals surface area contributed by atoms with Crippen molar-refractivity contribution in [3.63, 3.8) is 0 Å². The number of nitrogens with zero attached hydrogens (tertiary/aromatic N) is 1. The number of nitrogens with one attached hydrogen (secondary N) is 1. The minimum atomic E-state index is 0.723. The maximum absolute atomic E-state index is 3.57. The van der Waals surface area contributed by atoms with Crippen LogP contribution in [-0.4, -0.2) is 36.6 Å². The van der Waals surface area contributed by atoms with E-state index in [1.165, 1.54) is 38.8 Å². The van der Waals surface area contributed by atoms with Crippen molar-refractivity contribution in [3.05, 3.63) is 0 Å². The normalized spacial score (nSPS) is 19.5. The van der Waals surface area contributed by atoms with Gasteiger partial charge in [0.15, 0.2) is 0 Å². The Labute approximate surface area is 115 Å². The molecule has 2 nitrogen and oxygen atoms in total. The summed E-state index contributed by atoms with van der Waals surface area (Å²) < 4.78 is 0. The lowest BCUT2D eigenvalue weighted by Crippen LogP contribution is -2.43. The van der Waals surface area contributed by atoms with Crippen LogP contribution in [0.3, 0.4) is 0 Å². The minimum absolute atomic E-state index is 0.723. The van der Waals surface area contributed by atoms with E-state index in [2.05, 4.69) is 44.8 Å². The van der Waals surface area contributed by atoms with E-state index in [1.54, 1.807) is 0 Å². The largest absolute Gasteiger partial charge is 0.316 e. The van der Waals surface area contributed by atoms with Gasteiger partial charge in [0, 0.05) is 12.1 Å². The molecule has 1 saturated carbocycles. The van der Waals surface area contributed by atoms with Crippen LogP contribution in [0.25, 0.3) is 0 Å². The van der Waals surface area contributed by atoms with Crippen LogP contribution in [0.5, 0.6) is 0 Å². The van der Waals surface area contributed by atoms with Crippen LogP contribution in [0.2, 0.25) is 0 Å². The molecule has 1 N–H and O–H groups in total. The number of rotatable bonds is 10. The Balaban J connectivity index is 2.35. The molecule has 0 radical (unpaired) electrons. The summed E-state index contributed by atoms with van der Waals surface area (Å²) in [5, 5.41) is 3.57. The number of hydrogen-bond donors (Lipinski definition) is 1. The van der Waals surface area contributed by atoms with Crippen molar-refractivity contribution in [3.8, 4) is 0 Å². The van der Waals surface area contributed by atoms with E-state index in [9.17, 15) is 0 Å². The highest BCUT2D eigenvalue weighted by molar-refractivity contribution is 4.89. The van der Waals surface area contributed by atoms with Gasteiger partial charge < -0.3 is 5.32 Å². The van der Waals surface area contributed by atoms with Crippen LogP contribution in [0.4, 0.5) is 0 Å². The van der Waals surface area contributed by atoms with E-state index in [1.807, 2.05) is 0 Å². The lowest BCUT2D eigenvalue weighted by molar-refractivity contribution is 0.143. The quantitative estimate of drug-likeness (QED) is 0.600. The molecule has 0 bridgehead atoms. The van der Waals surface area contributed by atoms with Crippen molar-refractivity contribution in [2.45, 2.75) is 72.4 Å². The molecule has 0 aliphatic heterocycles. The second-order valence-electron chi connectivity index (χ2n) is 6.57. The lowest BCUT2D eigenvalue weighted by atomic mass is 10.0. The summed E-state index contributed by atoms with van der Waals surface area (Å²) in [5.41, 5.74) is 0. The number of hydrogen-bond acceptors (Lipinski definition) is 2. The van der Waals surface area contributed by atoms with Crippen LogP contribution in [0.1, 0.15) is 60.3 Å². The highest BCUT2D eigenvalue weighted by atomic mass is 15.2. The molecule has 1 aliphatic rings. The summed E-state index contributed by atoms with van der Waals surface area (Å²) in [6.45, 7) is 15.4. The first-order valence-corrected chi connectivity index (χ1v) is 8.02. The molecule has 0 aromatic carbocycles. The fourth-order valence-corrected chi connectivity index (χ4v) is 2.54.